The van der Waals surface area contributed by atoms with Gasteiger partial charge in [0.1, 0.15) is 17.5 Å². The average Bonchev–Trinajstić information content (AvgIpc) is 2.96. The third kappa shape index (κ3) is 8.33. The highest BCUT2D eigenvalue weighted by Gasteiger charge is 2.23. The molecule has 0 bridgehead atoms. The van der Waals surface area contributed by atoms with Gasteiger partial charge in [-0.05, 0) is 54.9 Å². The summed E-state index contributed by atoms with van der Waals surface area (Å²) in [6.45, 7) is 4.82. The molecule has 3 aromatic carbocycles. The summed E-state index contributed by atoms with van der Waals surface area (Å²) >= 11 is 0. The molecule has 1 atom stereocenters. The largest absolute Gasteiger partial charge is 0.457 e. The number of carbonyl (C=O) groups is 2. The third-order valence-electron chi connectivity index (χ3n) is 6.46. The molecule has 8 heteroatoms. The van der Waals surface area contributed by atoms with Crippen molar-refractivity contribution in [2.45, 2.75) is 18.9 Å². The van der Waals surface area contributed by atoms with Crippen LogP contribution >= 0.6 is 0 Å². The van der Waals surface area contributed by atoms with E-state index in [9.17, 15) is 9.59 Å². The van der Waals surface area contributed by atoms with E-state index >= 15 is 0 Å². The summed E-state index contributed by atoms with van der Waals surface area (Å²) < 4.78 is 11.2. The topological polar surface area (TPSA) is 83.1 Å². The summed E-state index contributed by atoms with van der Waals surface area (Å²) in [6.07, 6.45) is 1.24. The molecule has 0 aromatic heterocycles. The van der Waals surface area contributed by atoms with Crippen molar-refractivity contribution in [3.05, 3.63) is 90.5 Å². The smallest absolute Gasteiger partial charge is 0.322 e. The standard InChI is InChI=1S/C30H36N4O4/c1-33(25-13-15-27(16-14-25)38-26-11-6-3-7-12-26)30(36)32-28(23-24-9-4-2-5-10-24)29(35)31-17-8-18-34-19-21-37-22-20-34/h2-7,9-16,28H,8,17-23H2,1H3,(H,31,35)(H,32,36)/t28-/m1/s1. The summed E-state index contributed by atoms with van der Waals surface area (Å²) in [6, 6.07) is 25.4. The normalized spacial score (nSPS) is 14.3. The number of amides is 3. The second-order valence-corrected chi connectivity index (χ2v) is 9.26. The number of urea groups is 1. The Morgan fingerprint density at radius 1 is 0.921 bits per heavy atom. The Kier molecular flexibility index (Phi) is 10.1. The molecule has 1 aliphatic rings. The van der Waals surface area contributed by atoms with Crippen LogP contribution in [0.2, 0.25) is 0 Å². The van der Waals surface area contributed by atoms with Gasteiger partial charge >= 0.3 is 6.03 Å². The number of hydrogen-bond acceptors (Lipinski definition) is 5. The number of rotatable bonds is 11. The van der Waals surface area contributed by atoms with Crippen molar-refractivity contribution in [3.8, 4) is 11.5 Å². The zero-order chi connectivity index (χ0) is 26.6. The molecule has 38 heavy (non-hydrogen) atoms. The fourth-order valence-electron chi connectivity index (χ4n) is 4.25. The molecule has 0 spiro atoms. The van der Waals surface area contributed by atoms with E-state index in [1.165, 1.54) is 4.90 Å². The number of benzene rings is 3. The fraction of sp³-hybridized carbons (Fsp3) is 0.333. The lowest BCUT2D eigenvalue weighted by Gasteiger charge is -2.26. The average molecular weight is 517 g/mol. The number of morpholine rings is 1. The summed E-state index contributed by atoms with van der Waals surface area (Å²) in [5.41, 5.74) is 1.67. The van der Waals surface area contributed by atoms with Gasteiger partial charge in [-0.25, -0.2) is 4.79 Å². The first-order chi connectivity index (χ1) is 18.6. The van der Waals surface area contributed by atoms with E-state index < -0.39 is 6.04 Å². The lowest BCUT2D eigenvalue weighted by molar-refractivity contribution is -0.122. The zero-order valence-corrected chi connectivity index (χ0v) is 21.8. The van der Waals surface area contributed by atoms with Gasteiger partial charge in [0.05, 0.1) is 13.2 Å². The number of carbonyl (C=O) groups excluding carboxylic acids is 2. The van der Waals surface area contributed by atoms with Crippen LogP contribution in [0, 0.1) is 0 Å². The maximum Gasteiger partial charge on any atom is 0.322 e. The predicted molar refractivity (Wildman–Crippen MR) is 149 cm³/mol. The summed E-state index contributed by atoms with van der Waals surface area (Å²) in [7, 11) is 1.68. The molecule has 200 valence electrons. The van der Waals surface area contributed by atoms with Crippen LogP contribution < -0.4 is 20.3 Å². The minimum Gasteiger partial charge on any atom is -0.457 e. The van der Waals surface area contributed by atoms with Crippen LogP contribution in [0.5, 0.6) is 11.5 Å². The number of nitrogens with zero attached hydrogens (tertiary/aromatic N) is 2. The first-order valence-corrected chi connectivity index (χ1v) is 13.1. The molecule has 3 amide bonds. The first-order valence-electron chi connectivity index (χ1n) is 13.1. The molecular weight excluding hydrogens is 480 g/mol. The third-order valence-corrected chi connectivity index (χ3v) is 6.46. The Morgan fingerprint density at radius 2 is 1.55 bits per heavy atom. The van der Waals surface area contributed by atoms with Crippen LogP contribution in [0.25, 0.3) is 0 Å². The molecular formula is C30H36N4O4. The van der Waals surface area contributed by atoms with E-state index in [1.807, 2.05) is 84.9 Å². The maximum absolute atomic E-state index is 13.1. The second-order valence-electron chi connectivity index (χ2n) is 9.26. The van der Waals surface area contributed by atoms with Crippen molar-refractivity contribution >= 4 is 17.6 Å². The molecule has 1 aliphatic heterocycles. The van der Waals surface area contributed by atoms with Gasteiger partial charge in [-0.3, -0.25) is 14.6 Å². The zero-order valence-electron chi connectivity index (χ0n) is 21.8. The minimum atomic E-state index is -0.698. The van der Waals surface area contributed by atoms with E-state index in [0.717, 1.165) is 50.6 Å². The Bertz CT molecular complexity index is 1140. The molecule has 0 aliphatic carbocycles. The van der Waals surface area contributed by atoms with Crippen molar-refractivity contribution in [2.75, 3.05) is 51.3 Å². The summed E-state index contributed by atoms with van der Waals surface area (Å²) in [4.78, 5) is 30.1. The van der Waals surface area contributed by atoms with Crippen molar-refractivity contribution < 1.29 is 19.1 Å². The highest BCUT2D eigenvalue weighted by molar-refractivity contribution is 5.95. The summed E-state index contributed by atoms with van der Waals surface area (Å²) in [5, 5.41) is 5.94. The van der Waals surface area contributed by atoms with Gasteiger partial charge in [0.15, 0.2) is 0 Å². The quantitative estimate of drug-likeness (QED) is 0.376. The van der Waals surface area contributed by atoms with E-state index in [4.69, 9.17) is 9.47 Å². The van der Waals surface area contributed by atoms with E-state index in [1.54, 1.807) is 7.05 Å². The van der Waals surface area contributed by atoms with Crippen LogP contribution in [0.4, 0.5) is 10.5 Å². The lowest BCUT2D eigenvalue weighted by atomic mass is 10.1. The van der Waals surface area contributed by atoms with Crippen molar-refractivity contribution in [3.63, 3.8) is 0 Å². The highest BCUT2D eigenvalue weighted by atomic mass is 16.5. The second kappa shape index (κ2) is 14.2. The molecule has 0 unspecified atom stereocenters. The van der Waals surface area contributed by atoms with Gasteiger partial charge in [0, 0.05) is 38.8 Å². The monoisotopic (exact) mass is 516 g/mol. The van der Waals surface area contributed by atoms with Crippen LogP contribution in [0.1, 0.15) is 12.0 Å². The van der Waals surface area contributed by atoms with Crippen molar-refractivity contribution in [1.29, 1.82) is 0 Å². The Morgan fingerprint density at radius 3 is 2.24 bits per heavy atom. The van der Waals surface area contributed by atoms with Gasteiger partial charge in [-0.1, -0.05) is 48.5 Å². The number of anilines is 1. The summed E-state index contributed by atoms with van der Waals surface area (Å²) in [5.74, 6) is 1.22. The molecule has 3 aromatic rings. The van der Waals surface area contributed by atoms with Crippen LogP contribution in [0.15, 0.2) is 84.9 Å². The van der Waals surface area contributed by atoms with Gasteiger partial charge in [0.2, 0.25) is 5.91 Å². The first kappa shape index (κ1) is 27.2. The number of para-hydroxylation sites is 1. The van der Waals surface area contributed by atoms with Gasteiger partial charge in [0.25, 0.3) is 0 Å². The van der Waals surface area contributed by atoms with Gasteiger partial charge < -0.3 is 20.1 Å². The Hall–Kier alpha value is -3.88. The van der Waals surface area contributed by atoms with Gasteiger partial charge in [-0.15, -0.1) is 0 Å². The van der Waals surface area contributed by atoms with E-state index in [2.05, 4.69) is 15.5 Å². The molecule has 1 heterocycles. The van der Waals surface area contributed by atoms with Gasteiger partial charge in [-0.2, -0.15) is 0 Å². The number of nitrogens with one attached hydrogen (secondary N) is 2. The molecule has 1 fully saturated rings. The van der Waals surface area contributed by atoms with Crippen LogP contribution in [-0.4, -0.2) is 69.3 Å². The molecule has 8 nitrogen and oxygen atoms in total. The van der Waals surface area contributed by atoms with Crippen LogP contribution in [-0.2, 0) is 16.0 Å². The lowest BCUT2D eigenvalue weighted by Crippen LogP contribution is -2.52. The highest BCUT2D eigenvalue weighted by Crippen LogP contribution is 2.24. The minimum absolute atomic E-state index is 0.191. The maximum atomic E-state index is 13.1. The SMILES string of the molecule is CN(C(=O)N[C@H](Cc1ccccc1)C(=O)NCCCN1CCOCC1)c1ccc(Oc2ccccc2)cc1. The van der Waals surface area contributed by atoms with Crippen LogP contribution in [0.3, 0.4) is 0 Å². The molecule has 2 N–H and O–H groups in total. The molecule has 0 saturated carbocycles. The molecule has 0 radical (unpaired) electrons. The Labute approximate surface area is 224 Å². The number of hydrogen-bond donors (Lipinski definition) is 2. The fourth-order valence-corrected chi connectivity index (χ4v) is 4.25. The van der Waals surface area contributed by atoms with Crippen molar-refractivity contribution in [1.82, 2.24) is 15.5 Å². The van der Waals surface area contributed by atoms with Crippen molar-refractivity contribution in [2.24, 2.45) is 0 Å². The van der Waals surface area contributed by atoms with E-state index in [-0.39, 0.29) is 11.9 Å². The molecule has 4 rings (SSSR count). The van der Waals surface area contributed by atoms with E-state index in [0.29, 0.717) is 24.4 Å². The Balaban J connectivity index is 1.33. The molecule has 1 saturated heterocycles. The predicted octanol–water partition coefficient (Wildman–Crippen LogP) is 4.07. The number of ether oxygens (including phenoxy) is 2.